The molecule has 0 bridgehead atoms. The van der Waals surface area contributed by atoms with E-state index < -0.39 is 21.2 Å². The third kappa shape index (κ3) is 5.75. The summed E-state index contributed by atoms with van der Waals surface area (Å²) in [7, 11) is -3.18. The highest BCUT2D eigenvalue weighted by Crippen LogP contribution is 2.23. The summed E-state index contributed by atoms with van der Waals surface area (Å²) in [5, 5.41) is 8.99. The predicted molar refractivity (Wildman–Crippen MR) is 80.3 cm³/mol. The largest absolute Gasteiger partial charge is 0.494 e. The zero-order valence-electron chi connectivity index (χ0n) is 12.6. The summed E-state index contributed by atoms with van der Waals surface area (Å²) >= 11 is 0. The molecule has 0 aliphatic rings. The zero-order valence-corrected chi connectivity index (χ0v) is 13.4. The molecule has 0 fully saturated rings. The molecule has 0 saturated carbocycles. The Labute approximate surface area is 125 Å². The van der Waals surface area contributed by atoms with Crippen LogP contribution in [0.4, 0.5) is 0 Å². The number of ether oxygens (including phenoxy) is 1. The van der Waals surface area contributed by atoms with Crippen LogP contribution in [0.15, 0.2) is 29.2 Å². The van der Waals surface area contributed by atoms with Crippen LogP contribution >= 0.6 is 0 Å². The summed E-state index contributed by atoms with van der Waals surface area (Å²) in [4.78, 5) is 11.2. The van der Waals surface area contributed by atoms with E-state index in [2.05, 4.69) is 0 Å². The molecule has 0 amide bonds. The van der Waals surface area contributed by atoms with E-state index in [1.165, 1.54) is 12.1 Å². The maximum atomic E-state index is 11.3. The van der Waals surface area contributed by atoms with Gasteiger partial charge in [-0.1, -0.05) is 0 Å². The minimum Gasteiger partial charge on any atom is -0.494 e. The van der Waals surface area contributed by atoms with Gasteiger partial charge in [0.1, 0.15) is 5.75 Å². The van der Waals surface area contributed by atoms with Gasteiger partial charge in [0.25, 0.3) is 0 Å². The van der Waals surface area contributed by atoms with Crippen molar-refractivity contribution in [1.29, 1.82) is 0 Å². The lowest BCUT2D eigenvalue weighted by Crippen LogP contribution is -2.23. The van der Waals surface area contributed by atoms with E-state index in [0.29, 0.717) is 18.8 Å². The lowest BCUT2D eigenvalue weighted by atomic mass is 9.87. The standard InChI is InChI=1S/C15H22O5S/c1-15(2,14(16)17)10-4-5-11-20-12-6-8-13(9-7-12)21(3,18)19/h6-9H,4-5,10-11H2,1-3H3,(H,16,17). The van der Waals surface area contributed by atoms with Crippen LogP contribution in [-0.4, -0.2) is 32.4 Å². The van der Waals surface area contributed by atoms with E-state index >= 15 is 0 Å². The van der Waals surface area contributed by atoms with Crippen molar-refractivity contribution >= 4 is 15.8 Å². The first-order valence-corrected chi connectivity index (χ1v) is 8.68. The van der Waals surface area contributed by atoms with Crippen molar-refractivity contribution in [2.75, 3.05) is 12.9 Å². The lowest BCUT2D eigenvalue weighted by molar-refractivity contribution is -0.147. The van der Waals surface area contributed by atoms with E-state index in [-0.39, 0.29) is 4.90 Å². The molecule has 0 aliphatic heterocycles. The number of rotatable bonds is 8. The van der Waals surface area contributed by atoms with Crippen molar-refractivity contribution in [2.24, 2.45) is 5.41 Å². The Morgan fingerprint density at radius 2 is 1.76 bits per heavy atom. The van der Waals surface area contributed by atoms with Gasteiger partial charge in [-0.25, -0.2) is 8.42 Å². The summed E-state index contributed by atoms with van der Waals surface area (Å²) in [6.45, 7) is 3.90. The van der Waals surface area contributed by atoms with Gasteiger partial charge < -0.3 is 9.84 Å². The van der Waals surface area contributed by atoms with Crippen molar-refractivity contribution in [1.82, 2.24) is 0 Å². The summed E-state index contributed by atoms with van der Waals surface area (Å²) < 4.78 is 28.1. The number of benzene rings is 1. The van der Waals surface area contributed by atoms with Gasteiger partial charge in [-0.05, 0) is 57.4 Å². The average molecular weight is 314 g/mol. The zero-order chi connectivity index (χ0) is 16.1. The fraction of sp³-hybridized carbons (Fsp3) is 0.533. The van der Waals surface area contributed by atoms with Gasteiger partial charge >= 0.3 is 5.97 Å². The number of hydrogen-bond acceptors (Lipinski definition) is 4. The smallest absolute Gasteiger partial charge is 0.309 e. The molecule has 0 atom stereocenters. The molecule has 1 N–H and O–H groups in total. The predicted octanol–water partition coefficient (Wildman–Crippen LogP) is 2.75. The molecule has 0 saturated heterocycles. The molecule has 0 spiro atoms. The summed E-state index contributed by atoms with van der Waals surface area (Å²) in [6, 6.07) is 6.27. The van der Waals surface area contributed by atoms with Crippen LogP contribution in [0.25, 0.3) is 0 Å². The Hall–Kier alpha value is -1.56. The van der Waals surface area contributed by atoms with E-state index in [0.717, 1.165) is 19.1 Å². The van der Waals surface area contributed by atoms with Gasteiger partial charge in [-0.2, -0.15) is 0 Å². The van der Waals surface area contributed by atoms with Crippen LogP contribution in [0.5, 0.6) is 5.75 Å². The number of aliphatic carboxylic acids is 1. The molecule has 0 aliphatic carbocycles. The van der Waals surface area contributed by atoms with Crippen molar-refractivity contribution in [3.8, 4) is 5.75 Å². The number of carboxylic acids is 1. The van der Waals surface area contributed by atoms with E-state index in [1.807, 2.05) is 0 Å². The molecule has 0 radical (unpaired) electrons. The second kappa shape index (κ2) is 6.93. The highest BCUT2D eigenvalue weighted by molar-refractivity contribution is 7.90. The highest BCUT2D eigenvalue weighted by Gasteiger charge is 2.25. The molecule has 1 rings (SSSR count). The number of hydrogen-bond donors (Lipinski definition) is 1. The topological polar surface area (TPSA) is 80.7 Å². The Bertz CT molecular complexity index is 573. The summed E-state index contributed by atoms with van der Waals surface area (Å²) in [5.41, 5.74) is -0.711. The van der Waals surface area contributed by atoms with Crippen molar-refractivity contribution in [3.63, 3.8) is 0 Å². The molecular formula is C15H22O5S. The molecule has 1 aromatic carbocycles. The molecule has 1 aromatic rings. The minimum absolute atomic E-state index is 0.262. The Morgan fingerprint density at radius 1 is 1.19 bits per heavy atom. The second-order valence-corrected chi connectivity index (χ2v) is 7.75. The normalized spacial score (nSPS) is 12.1. The lowest BCUT2D eigenvalue weighted by Gasteiger charge is -2.18. The SMILES string of the molecule is CC(C)(CCCCOc1ccc(S(C)(=O)=O)cc1)C(=O)O. The number of sulfone groups is 1. The highest BCUT2D eigenvalue weighted by atomic mass is 32.2. The molecular weight excluding hydrogens is 292 g/mol. The Balaban J connectivity index is 2.35. The van der Waals surface area contributed by atoms with Crippen LogP contribution in [-0.2, 0) is 14.6 Å². The average Bonchev–Trinajstić information content (AvgIpc) is 2.37. The quantitative estimate of drug-likeness (QED) is 0.746. The van der Waals surface area contributed by atoms with Crippen LogP contribution in [0.1, 0.15) is 33.1 Å². The van der Waals surface area contributed by atoms with Crippen molar-refractivity contribution < 1.29 is 23.1 Å². The first kappa shape index (κ1) is 17.5. The van der Waals surface area contributed by atoms with Gasteiger partial charge in [0.05, 0.1) is 16.9 Å². The fourth-order valence-electron chi connectivity index (χ4n) is 1.75. The number of carboxylic acid groups (broad SMARTS) is 1. The molecule has 0 heterocycles. The molecule has 0 unspecified atom stereocenters. The first-order valence-electron chi connectivity index (χ1n) is 6.79. The van der Waals surface area contributed by atoms with E-state index in [4.69, 9.17) is 9.84 Å². The second-order valence-electron chi connectivity index (χ2n) is 5.74. The third-order valence-electron chi connectivity index (χ3n) is 3.30. The van der Waals surface area contributed by atoms with E-state index in [9.17, 15) is 13.2 Å². The Kier molecular flexibility index (Phi) is 5.78. The van der Waals surface area contributed by atoms with Gasteiger partial charge in [-0.3, -0.25) is 4.79 Å². The van der Waals surface area contributed by atoms with Crippen LogP contribution in [0.2, 0.25) is 0 Å². The number of unbranched alkanes of at least 4 members (excludes halogenated alkanes) is 1. The van der Waals surface area contributed by atoms with Gasteiger partial charge in [0.2, 0.25) is 0 Å². The number of carbonyl (C=O) groups is 1. The molecule has 118 valence electrons. The van der Waals surface area contributed by atoms with Crippen molar-refractivity contribution in [3.05, 3.63) is 24.3 Å². The first-order chi connectivity index (χ1) is 9.63. The molecule has 5 nitrogen and oxygen atoms in total. The monoisotopic (exact) mass is 314 g/mol. The maximum Gasteiger partial charge on any atom is 0.309 e. The van der Waals surface area contributed by atoms with Crippen LogP contribution in [0.3, 0.4) is 0 Å². The third-order valence-corrected chi connectivity index (χ3v) is 4.42. The fourth-order valence-corrected chi connectivity index (χ4v) is 2.38. The van der Waals surface area contributed by atoms with E-state index in [1.54, 1.807) is 26.0 Å². The molecule has 21 heavy (non-hydrogen) atoms. The van der Waals surface area contributed by atoms with Gasteiger partial charge in [0.15, 0.2) is 9.84 Å². The molecule has 6 heteroatoms. The van der Waals surface area contributed by atoms with Crippen molar-refractivity contribution in [2.45, 2.75) is 38.0 Å². The van der Waals surface area contributed by atoms with Crippen LogP contribution < -0.4 is 4.74 Å². The summed E-state index contributed by atoms with van der Waals surface area (Å²) in [5.74, 6) is -0.181. The molecule has 0 aromatic heterocycles. The minimum atomic E-state index is -3.18. The van der Waals surface area contributed by atoms with Gasteiger partial charge in [0, 0.05) is 6.26 Å². The van der Waals surface area contributed by atoms with Gasteiger partial charge in [-0.15, -0.1) is 0 Å². The van der Waals surface area contributed by atoms with Crippen LogP contribution in [0, 0.1) is 5.41 Å². The Morgan fingerprint density at radius 3 is 2.24 bits per heavy atom. The maximum absolute atomic E-state index is 11.3. The summed E-state index contributed by atoms with van der Waals surface area (Å²) in [6.07, 6.45) is 3.27.